The van der Waals surface area contributed by atoms with E-state index in [1.807, 2.05) is 56.3 Å². The lowest BCUT2D eigenvalue weighted by Crippen LogP contribution is -2.27. The summed E-state index contributed by atoms with van der Waals surface area (Å²) in [5.41, 5.74) is 3.86. The molecule has 3 rings (SSSR count). The topological polar surface area (TPSA) is 66.8 Å². The van der Waals surface area contributed by atoms with Gasteiger partial charge in [-0.3, -0.25) is 4.79 Å². The van der Waals surface area contributed by atoms with Gasteiger partial charge in [0, 0.05) is 17.5 Å². The maximum atomic E-state index is 13.0. The highest BCUT2D eigenvalue weighted by Gasteiger charge is 2.23. The van der Waals surface area contributed by atoms with Crippen LogP contribution in [0.25, 0.3) is 10.4 Å². The lowest BCUT2D eigenvalue weighted by atomic mass is 10.0. The van der Waals surface area contributed by atoms with Crippen molar-refractivity contribution in [3.63, 3.8) is 0 Å². The summed E-state index contributed by atoms with van der Waals surface area (Å²) in [5, 5.41) is 9.23. The number of carboxylic acid groups (broad SMARTS) is 1. The average Bonchev–Trinajstić information content (AvgIpc) is 3.04. The molecule has 1 heterocycles. The quantitative estimate of drug-likeness (QED) is 0.617. The van der Waals surface area contributed by atoms with Gasteiger partial charge in [0.2, 0.25) is 5.06 Å². The molecular formula is C21H19NO4S. The zero-order valence-electron chi connectivity index (χ0n) is 15.2. The molecular weight excluding hydrogens is 362 g/mol. The SMILES string of the molecule is Cc1ccc(C(=O)N(C)c2cc(-c3ccccc3)sc2OC(=O)O)c(C)c1. The van der Waals surface area contributed by atoms with Gasteiger partial charge in [-0.1, -0.05) is 59.4 Å². The van der Waals surface area contributed by atoms with E-state index in [1.165, 1.54) is 16.2 Å². The summed E-state index contributed by atoms with van der Waals surface area (Å²) in [6.07, 6.45) is -1.41. The maximum Gasteiger partial charge on any atom is 0.512 e. The number of nitrogens with zero attached hydrogens (tertiary/aromatic N) is 1. The Morgan fingerprint density at radius 2 is 1.74 bits per heavy atom. The lowest BCUT2D eigenvalue weighted by Gasteiger charge is -2.18. The number of thiophene rings is 1. The van der Waals surface area contributed by atoms with Gasteiger partial charge in [0.15, 0.2) is 0 Å². The van der Waals surface area contributed by atoms with Gasteiger partial charge in [0.25, 0.3) is 5.91 Å². The first kappa shape index (κ1) is 18.7. The molecule has 1 amide bonds. The summed E-state index contributed by atoms with van der Waals surface area (Å²) in [7, 11) is 1.62. The van der Waals surface area contributed by atoms with Crippen molar-refractivity contribution >= 4 is 29.1 Å². The van der Waals surface area contributed by atoms with E-state index < -0.39 is 6.16 Å². The van der Waals surface area contributed by atoms with Crippen LogP contribution < -0.4 is 9.64 Å². The Morgan fingerprint density at radius 1 is 1.04 bits per heavy atom. The molecule has 0 spiro atoms. The number of carbonyl (C=O) groups is 2. The Hall–Kier alpha value is -3.12. The second kappa shape index (κ2) is 7.63. The normalized spacial score (nSPS) is 10.5. The first-order valence-corrected chi connectivity index (χ1v) is 9.14. The van der Waals surface area contributed by atoms with Crippen molar-refractivity contribution < 1.29 is 19.4 Å². The molecule has 0 aliphatic heterocycles. The zero-order valence-corrected chi connectivity index (χ0v) is 16.0. The number of hydrogen-bond donors (Lipinski definition) is 1. The van der Waals surface area contributed by atoms with Gasteiger partial charge in [-0.15, -0.1) is 0 Å². The fraction of sp³-hybridized carbons (Fsp3) is 0.143. The number of carbonyl (C=O) groups excluding carboxylic acids is 1. The minimum absolute atomic E-state index is 0.168. The molecule has 1 aromatic heterocycles. The van der Waals surface area contributed by atoms with Gasteiger partial charge in [-0.2, -0.15) is 0 Å². The van der Waals surface area contributed by atoms with Gasteiger partial charge in [-0.25, -0.2) is 4.79 Å². The third kappa shape index (κ3) is 4.01. The van der Waals surface area contributed by atoms with Crippen molar-refractivity contribution in [1.29, 1.82) is 0 Å². The van der Waals surface area contributed by atoms with Crippen molar-refractivity contribution in [1.82, 2.24) is 0 Å². The molecule has 0 aliphatic rings. The van der Waals surface area contributed by atoms with Crippen molar-refractivity contribution in [3.05, 3.63) is 71.3 Å². The second-order valence-electron chi connectivity index (χ2n) is 6.20. The molecule has 3 aromatic rings. The molecule has 1 N–H and O–H groups in total. The predicted molar refractivity (Wildman–Crippen MR) is 107 cm³/mol. The fourth-order valence-electron chi connectivity index (χ4n) is 2.84. The van der Waals surface area contributed by atoms with E-state index in [9.17, 15) is 9.59 Å². The Labute approximate surface area is 161 Å². The minimum atomic E-state index is -1.41. The molecule has 138 valence electrons. The number of rotatable bonds is 4. The summed E-state index contributed by atoms with van der Waals surface area (Å²) in [5.74, 6) is -0.222. The lowest BCUT2D eigenvalue weighted by molar-refractivity contribution is 0.0990. The standard InChI is InChI=1S/C21H19NO4S/c1-13-9-10-16(14(2)11-13)19(23)22(3)17-12-18(15-7-5-4-6-8-15)27-20(17)26-21(24)25/h4-12H,1-3H3,(H,24,25). The molecule has 0 unspecified atom stereocenters. The highest BCUT2D eigenvalue weighted by molar-refractivity contribution is 7.18. The highest BCUT2D eigenvalue weighted by atomic mass is 32.1. The maximum absolute atomic E-state index is 13.0. The third-order valence-corrected chi connectivity index (χ3v) is 5.25. The predicted octanol–water partition coefficient (Wildman–Crippen LogP) is 5.37. The fourth-order valence-corrected chi connectivity index (χ4v) is 3.88. The smallest absolute Gasteiger partial charge is 0.449 e. The Balaban J connectivity index is 2.01. The molecule has 0 fully saturated rings. The van der Waals surface area contributed by atoms with E-state index in [4.69, 9.17) is 9.84 Å². The molecule has 2 aromatic carbocycles. The van der Waals surface area contributed by atoms with Gasteiger partial charge in [0.1, 0.15) is 0 Å². The molecule has 27 heavy (non-hydrogen) atoms. The number of anilines is 1. The first-order chi connectivity index (χ1) is 12.9. The van der Waals surface area contributed by atoms with Crippen LogP contribution in [0.3, 0.4) is 0 Å². The van der Waals surface area contributed by atoms with Gasteiger partial charge in [0.05, 0.1) is 5.69 Å². The van der Waals surface area contributed by atoms with Crippen LogP contribution in [0.15, 0.2) is 54.6 Å². The first-order valence-electron chi connectivity index (χ1n) is 8.32. The van der Waals surface area contributed by atoms with Crippen molar-refractivity contribution in [2.45, 2.75) is 13.8 Å². The molecule has 0 saturated carbocycles. The van der Waals surface area contributed by atoms with Crippen LogP contribution in [0.2, 0.25) is 0 Å². The van der Waals surface area contributed by atoms with E-state index >= 15 is 0 Å². The molecule has 0 aliphatic carbocycles. The van der Waals surface area contributed by atoms with E-state index in [1.54, 1.807) is 19.2 Å². The van der Waals surface area contributed by atoms with Crippen LogP contribution in [0.1, 0.15) is 21.5 Å². The van der Waals surface area contributed by atoms with E-state index in [0.717, 1.165) is 21.6 Å². The van der Waals surface area contributed by atoms with Crippen molar-refractivity contribution in [3.8, 4) is 15.5 Å². The summed E-state index contributed by atoms with van der Waals surface area (Å²) >= 11 is 1.19. The Morgan fingerprint density at radius 3 is 2.37 bits per heavy atom. The summed E-state index contributed by atoms with van der Waals surface area (Å²) in [4.78, 5) is 26.3. The van der Waals surface area contributed by atoms with Crippen LogP contribution in [0.5, 0.6) is 5.06 Å². The minimum Gasteiger partial charge on any atom is -0.449 e. The van der Waals surface area contributed by atoms with Gasteiger partial charge < -0.3 is 14.7 Å². The molecule has 0 atom stereocenters. The summed E-state index contributed by atoms with van der Waals surface area (Å²) in [6.45, 7) is 3.85. The van der Waals surface area contributed by atoms with E-state index in [-0.39, 0.29) is 11.0 Å². The number of ether oxygens (including phenoxy) is 1. The van der Waals surface area contributed by atoms with Crippen LogP contribution in [-0.2, 0) is 0 Å². The van der Waals surface area contributed by atoms with Crippen LogP contribution in [0, 0.1) is 13.8 Å². The van der Waals surface area contributed by atoms with Crippen LogP contribution in [0.4, 0.5) is 10.5 Å². The van der Waals surface area contributed by atoms with Crippen molar-refractivity contribution in [2.24, 2.45) is 0 Å². The highest BCUT2D eigenvalue weighted by Crippen LogP contribution is 2.43. The van der Waals surface area contributed by atoms with Crippen molar-refractivity contribution in [2.75, 3.05) is 11.9 Å². The second-order valence-corrected chi connectivity index (χ2v) is 7.21. The van der Waals surface area contributed by atoms with Gasteiger partial charge >= 0.3 is 6.16 Å². The molecule has 0 bridgehead atoms. The van der Waals surface area contributed by atoms with Crippen LogP contribution in [-0.4, -0.2) is 24.2 Å². The van der Waals surface area contributed by atoms with E-state index in [0.29, 0.717) is 11.3 Å². The Bertz CT molecular complexity index is 995. The summed E-state index contributed by atoms with van der Waals surface area (Å²) in [6, 6.07) is 16.9. The molecule has 5 nitrogen and oxygen atoms in total. The largest absolute Gasteiger partial charge is 0.512 e. The van der Waals surface area contributed by atoms with E-state index in [2.05, 4.69) is 0 Å². The number of hydrogen-bond acceptors (Lipinski definition) is 4. The zero-order chi connectivity index (χ0) is 19.6. The average molecular weight is 381 g/mol. The monoisotopic (exact) mass is 381 g/mol. The molecule has 0 saturated heterocycles. The van der Waals surface area contributed by atoms with Gasteiger partial charge in [-0.05, 0) is 37.1 Å². The Kier molecular flexibility index (Phi) is 5.28. The van der Waals surface area contributed by atoms with Crippen LogP contribution >= 0.6 is 11.3 Å². The third-order valence-electron chi connectivity index (χ3n) is 4.20. The number of aryl methyl sites for hydroxylation is 2. The number of amides is 1. The summed E-state index contributed by atoms with van der Waals surface area (Å²) < 4.78 is 4.95. The molecule has 0 radical (unpaired) electrons. The molecule has 6 heteroatoms. The number of benzene rings is 2.